The first kappa shape index (κ1) is 21.5. The van der Waals surface area contributed by atoms with Gasteiger partial charge in [0.05, 0.1) is 16.2 Å². The summed E-state index contributed by atoms with van der Waals surface area (Å²) in [4.78, 5) is 22.5. The maximum atomic E-state index is 12.8. The summed E-state index contributed by atoms with van der Waals surface area (Å²) in [7, 11) is -4.46. The minimum atomic E-state index is -4.46. The SMILES string of the molecule is Nc1cccc(S(=O)(=O)Oc2ccc([N+](=O)[O-])cc2)c1C(=O)Nc1ccccc1I. The van der Waals surface area contributed by atoms with E-state index in [0.717, 1.165) is 27.8 Å². The third-order valence-electron chi connectivity index (χ3n) is 3.93. The zero-order chi connectivity index (χ0) is 21.9. The molecule has 0 unspecified atom stereocenters. The quantitative estimate of drug-likeness (QED) is 0.160. The highest BCUT2D eigenvalue weighted by Crippen LogP contribution is 2.28. The van der Waals surface area contributed by atoms with Crippen LogP contribution in [0.4, 0.5) is 17.1 Å². The fourth-order valence-corrected chi connectivity index (χ4v) is 4.22. The molecule has 3 aromatic carbocycles. The average Bonchev–Trinajstić information content (AvgIpc) is 2.69. The van der Waals surface area contributed by atoms with Gasteiger partial charge in [0, 0.05) is 21.4 Å². The number of halogens is 1. The number of rotatable bonds is 6. The van der Waals surface area contributed by atoms with Gasteiger partial charge in [0.15, 0.2) is 0 Å². The monoisotopic (exact) mass is 539 g/mol. The van der Waals surface area contributed by atoms with Crippen LogP contribution in [0, 0.1) is 13.7 Å². The van der Waals surface area contributed by atoms with Crippen LogP contribution in [0.15, 0.2) is 71.6 Å². The molecule has 3 rings (SSSR count). The molecule has 0 aliphatic carbocycles. The molecule has 30 heavy (non-hydrogen) atoms. The first-order chi connectivity index (χ1) is 14.2. The number of benzene rings is 3. The fraction of sp³-hybridized carbons (Fsp3) is 0. The van der Waals surface area contributed by atoms with Gasteiger partial charge in [-0.25, -0.2) is 0 Å². The molecule has 3 N–H and O–H groups in total. The summed E-state index contributed by atoms with van der Waals surface area (Å²) >= 11 is 2.03. The molecule has 0 spiro atoms. The van der Waals surface area contributed by atoms with Crippen LogP contribution < -0.4 is 15.2 Å². The number of hydrogen-bond acceptors (Lipinski definition) is 7. The highest BCUT2D eigenvalue weighted by molar-refractivity contribution is 14.1. The molecule has 0 saturated carbocycles. The maximum absolute atomic E-state index is 12.8. The van der Waals surface area contributed by atoms with Crippen molar-refractivity contribution in [3.63, 3.8) is 0 Å². The summed E-state index contributed by atoms with van der Waals surface area (Å²) in [5, 5.41) is 13.4. The van der Waals surface area contributed by atoms with Crippen LogP contribution in [0.25, 0.3) is 0 Å². The van der Waals surface area contributed by atoms with Gasteiger partial charge in [-0.2, -0.15) is 8.42 Å². The summed E-state index contributed by atoms with van der Waals surface area (Å²) in [6.07, 6.45) is 0. The van der Waals surface area contributed by atoms with Crippen molar-refractivity contribution in [3.05, 3.63) is 86.0 Å². The molecule has 0 aliphatic heterocycles. The van der Waals surface area contributed by atoms with Crippen molar-refractivity contribution in [2.24, 2.45) is 0 Å². The largest absolute Gasteiger partial charge is 0.398 e. The normalized spacial score (nSPS) is 11.0. The van der Waals surface area contributed by atoms with Crippen LogP contribution >= 0.6 is 22.6 Å². The molecule has 0 bridgehead atoms. The Morgan fingerprint density at radius 1 is 1.03 bits per heavy atom. The van der Waals surface area contributed by atoms with Gasteiger partial charge in [0.25, 0.3) is 11.6 Å². The van der Waals surface area contributed by atoms with E-state index in [9.17, 15) is 23.3 Å². The van der Waals surface area contributed by atoms with Gasteiger partial charge < -0.3 is 15.2 Å². The van der Waals surface area contributed by atoms with E-state index >= 15 is 0 Å². The number of para-hydroxylation sites is 1. The highest BCUT2D eigenvalue weighted by Gasteiger charge is 2.27. The predicted octanol–water partition coefficient (Wildman–Crippen LogP) is 3.80. The van der Waals surface area contributed by atoms with Gasteiger partial charge in [-0.15, -0.1) is 0 Å². The van der Waals surface area contributed by atoms with Crippen LogP contribution in [0.5, 0.6) is 5.75 Å². The number of nitrogen functional groups attached to an aromatic ring is 1. The summed E-state index contributed by atoms with van der Waals surface area (Å²) in [6, 6.07) is 15.4. The lowest BCUT2D eigenvalue weighted by Gasteiger charge is -2.14. The van der Waals surface area contributed by atoms with E-state index in [-0.39, 0.29) is 22.7 Å². The number of nitrogens with zero attached hydrogens (tertiary/aromatic N) is 1. The number of non-ortho nitro benzene ring substituents is 1. The molecule has 3 aromatic rings. The van der Waals surface area contributed by atoms with E-state index in [1.54, 1.807) is 24.3 Å². The Balaban J connectivity index is 1.95. The smallest absolute Gasteiger partial charge is 0.340 e. The van der Waals surface area contributed by atoms with Crippen LogP contribution in [0.3, 0.4) is 0 Å². The number of carbonyl (C=O) groups excluding carboxylic acids is 1. The Morgan fingerprint density at radius 3 is 2.33 bits per heavy atom. The molecule has 154 valence electrons. The molecule has 11 heteroatoms. The van der Waals surface area contributed by atoms with E-state index in [2.05, 4.69) is 5.32 Å². The Hall–Kier alpha value is -3.19. The van der Waals surface area contributed by atoms with Crippen molar-refractivity contribution in [2.75, 3.05) is 11.1 Å². The number of nitro benzene ring substituents is 1. The second kappa shape index (κ2) is 8.67. The molecule has 0 aliphatic rings. The number of nitro groups is 1. The third kappa shape index (κ3) is 4.68. The van der Waals surface area contributed by atoms with Crippen molar-refractivity contribution in [1.82, 2.24) is 0 Å². The first-order valence-electron chi connectivity index (χ1n) is 8.32. The van der Waals surface area contributed by atoms with Crippen molar-refractivity contribution in [1.29, 1.82) is 0 Å². The highest BCUT2D eigenvalue weighted by atomic mass is 127. The molecular weight excluding hydrogens is 525 g/mol. The number of nitrogens with two attached hydrogens (primary N) is 1. The minimum absolute atomic E-state index is 0.0492. The number of carbonyl (C=O) groups is 1. The van der Waals surface area contributed by atoms with E-state index in [1.807, 2.05) is 22.6 Å². The lowest BCUT2D eigenvalue weighted by atomic mass is 10.1. The number of nitrogens with one attached hydrogen (secondary N) is 1. The summed E-state index contributed by atoms with van der Waals surface area (Å²) < 4.78 is 31.5. The van der Waals surface area contributed by atoms with Crippen LogP contribution in [-0.4, -0.2) is 19.2 Å². The van der Waals surface area contributed by atoms with Crippen LogP contribution in [0.1, 0.15) is 10.4 Å². The van der Waals surface area contributed by atoms with Crippen LogP contribution in [-0.2, 0) is 10.1 Å². The fourth-order valence-electron chi connectivity index (χ4n) is 2.54. The second-order valence-corrected chi connectivity index (χ2v) is 8.62. The third-order valence-corrected chi connectivity index (χ3v) is 6.16. The molecule has 0 heterocycles. The van der Waals surface area contributed by atoms with E-state index < -0.39 is 25.8 Å². The van der Waals surface area contributed by atoms with Gasteiger partial charge in [0.1, 0.15) is 10.6 Å². The van der Waals surface area contributed by atoms with Gasteiger partial charge in [0.2, 0.25) is 0 Å². The second-order valence-electron chi connectivity index (χ2n) is 5.94. The zero-order valence-electron chi connectivity index (χ0n) is 15.1. The molecule has 0 atom stereocenters. The van der Waals surface area contributed by atoms with Gasteiger partial charge >= 0.3 is 10.1 Å². The molecule has 0 saturated heterocycles. The molecule has 0 aromatic heterocycles. The molecule has 0 radical (unpaired) electrons. The predicted molar refractivity (Wildman–Crippen MR) is 119 cm³/mol. The van der Waals surface area contributed by atoms with Crippen molar-refractivity contribution in [3.8, 4) is 5.75 Å². The summed E-state index contributed by atoms with van der Waals surface area (Å²) in [5.74, 6) is -0.866. The molecule has 9 nitrogen and oxygen atoms in total. The Bertz CT molecular complexity index is 1230. The van der Waals surface area contributed by atoms with E-state index in [4.69, 9.17) is 9.92 Å². The van der Waals surface area contributed by atoms with Gasteiger partial charge in [-0.05, 0) is 59.0 Å². The maximum Gasteiger partial charge on any atom is 0.340 e. The van der Waals surface area contributed by atoms with E-state index in [1.165, 1.54) is 18.2 Å². The topological polar surface area (TPSA) is 142 Å². The summed E-state index contributed by atoms with van der Waals surface area (Å²) in [5.41, 5.74) is 5.86. The van der Waals surface area contributed by atoms with Crippen molar-refractivity contribution in [2.45, 2.75) is 4.90 Å². The number of anilines is 2. The number of hydrogen-bond donors (Lipinski definition) is 2. The summed E-state index contributed by atoms with van der Waals surface area (Å²) in [6.45, 7) is 0. The first-order valence-corrected chi connectivity index (χ1v) is 10.8. The molecule has 0 fully saturated rings. The van der Waals surface area contributed by atoms with Crippen molar-refractivity contribution >= 4 is 55.7 Å². The number of amides is 1. The van der Waals surface area contributed by atoms with Crippen molar-refractivity contribution < 1.29 is 22.3 Å². The lowest BCUT2D eigenvalue weighted by molar-refractivity contribution is -0.384. The molecular formula is C19H14IN3O6S. The Morgan fingerprint density at radius 2 is 1.70 bits per heavy atom. The van der Waals surface area contributed by atoms with Gasteiger partial charge in [-0.3, -0.25) is 14.9 Å². The van der Waals surface area contributed by atoms with Gasteiger partial charge in [-0.1, -0.05) is 18.2 Å². The lowest BCUT2D eigenvalue weighted by Crippen LogP contribution is -2.21. The average molecular weight is 539 g/mol. The minimum Gasteiger partial charge on any atom is -0.398 e. The molecule has 1 amide bonds. The van der Waals surface area contributed by atoms with Crippen LogP contribution in [0.2, 0.25) is 0 Å². The Kier molecular flexibility index (Phi) is 6.22. The zero-order valence-corrected chi connectivity index (χ0v) is 18.1. The Labute approximate surface area is 185 Å². The van der Waals surface area contributed by atoms with E-state index in [0.29, 0.717) is 5.69 Å². The standard InChI is InChI=1S/C19H14IN3O6S/c20-14-4-1-2-6-16(14)22-19(24)18-15(21)5-3-7-17(18)30(27,28)29-13-10-8-12(9-11-13)23(25)26/h1-11H,21H2,(H,22,24).